The fraction of sp³-hybridized carbons (Fsp3) is 0.231. The number of nitrogens with two attached hydrogens (primary N) is 1. The Labute approximate surface area is 120 Å². The summed E-state index contributed by atoms with van der Waals surface area (Å²) >= 11 is 0. The van der Waals surface area contributed by atoms with Crippen molar-refractivity contribution in [3.63, 3.8) is 0 Å². The summed E-state index contributed by atoms with van der Waals surface area (Å²) in [5.41, 5.74) is 7.72. The van der Waals surface area contributed by atoms with Crippen LogP contribution in [0.25, 0.3) is 0 Å². The minimum absolute atomic E-state index is 0. The summed E-state index contributed by atoms with van der Waals surface area (Å²) in [5, 5.41) is 3.33. The third-order valence-electron chi connectivity index (χ3n) is 2.45. The fourth-order valence-corrected chi connectivity index (χ4v) is 1.54. The van der Waals surface area contributed by atoms with Crippen LogP contribution < -0.4 is 11.1 Å². The number of nitrogens with one attached hydrogen (secondary N) is 1. The molecule has 0 aliphatic carbocycles. The summed E-state index contributed by atoms with van der Waals surface area (Å²) in [6.45, 7) is 1.71. The van der Waals surface area contributed by atoms with Gasteiger partial charge in [0.1, 0.15) is 5.76 Å². The minimum atomic E-state index is 0. The first-order chi connectivity index (χ1) is 7.84. The average molecular weight is 289 g/mol. The van der Waals surface area contributed by atoms with Gasteiger partial charge in [-0.3, -0.25) is 0 Å². The number of hydrogen-bond donors (Lipinski definition) is 2. The Kier molecular flexibility index (Phi) is 8.29. The molecule has 5 heteroatoms. The number of anilines is 1. The monoisotopic (exact) mass is 288 g/mol. The van der Waals surface area contributed by atoms with E-state index in [1.54, 1.807) is 6.26 Å². The van der Waals surface area contributed by atoms with Gasteiger partial charge in [0.2, 0.25) is 0 Å². The van der Waals surface area contributed by atoms with Crippen molar-refractivity contribution in [2.24, 2.45) is 0 Å². The summed E-state index contributed by atoms with van der Waals surface area (Å²) in [5.74, 6) is 0.970. The average Bonchev–Trinajstić information content (AvgIpc) is 2.80. The van der Waals surface area contributed by atoms with Crippen LogP contribution in [0.15, 0.2) is 47.1 Å². The summed E-state index contributed by atoms with van der Waals surface area (Å²) in [4.78, 5) is 0. The molecule has 0 saturated carbocycles. The van der Waals surface area contributed by atoms with Gasteiger partial charge in [-0.15, -0.1) is 24.8 Å². The maximum atomic E-state index is 5.62. The lowest BCUT2D eigenvalue weighted by atomic mass is 10.1. The van der Waals surface area contributed by atoms with E-state index in [-0.39, 0.29) is 24.8 Å². The highest BCUT2D eigenvalue weighted by atomic mass is 35.5. The van der Waals surface area contributed by atoms with Crippen LogP contribution in [0.1, 0.15) is 11.3 Å². The van der Waals surface area contributed by atoms with E-state index in [4.69, 9.17) is 10.2 Å². The van der Waals surface area contributed by atoms with E-state index in [0.717, 1.165) is 31.0 Å². The lowest BCUT2D eigenvalue weighted by Crippen LogP contribution is -2.16. The Morgan fingerprint density at radius 3 is 2.39 bits per heavy atom. The number of halogens is 2. The Morgan fingerprint density at radius 1 is 1.06 bits per heavy atom. The van der Waals surface area contributed by atoms with Crippen LogP contribution in [0.4, 0.5) is 5.69 Å². The van der Waals surface area contributed by atoms with Crippen molar-refractivity contribution in [3.05, 3.63) is 54.0 Å². The summed E-state index contributed by atoms with van der Waals surface area (Å²) in [6, 6.07) is 11.9. The van der Waals surface area contributed by atoms with E-state index in [1.165, 1.54) is 5.56 Å². The van der Waals surface area contributed by atoms with Crippen LogP contribution in [0.3, 0.4) is 0 Å². The van der Waals surface area contributed by atoms with Crippen LogP contribution in [0.5, 0.6) is 0 Å². The van der Waals surface area contributed by atoms with Gasteiger partial charge in [0.15, 0.2) is 0 Å². The highest BCUT2D eigenvalue weighted by molar-refractivity contribution is 5.85. The molecule has 0 saturated heterocycles. The second kappa shape index (κ2) is 8.86. The largest absolute Gasteiger partial charge is 0.468 e. The molecule has 0 aliphatic rings. The molecule has 0 aliphatic heterocycles. The van der Waals surface area contributed by atoms with Gasteiger partial charge in [-0.25, -0.2) is 0 Å². The molecule has 0 atom stereocenters. The zero-order valence-corrected chi connectivity index (χ0v) is 11.6. The molecule has 18 heavy (non-hydrogen) atoms. The molecule has 0 unspecified atom stereocenters. The third-order valence-corrected chi connectivity index (χ3v) is 2.45. The molecule has 0 spiro atoms. The van der Waals surface area contributed by atoms with Crippen LogP contribution in [0.2, 0.25) is 0 Å². The fourth-order valence-electron chi connectivity index (χ4n) is 1.54. The van der Waals surface area contributed by atoms with Crippen molar-refractivity contribution in [1.82, 2.24) is 5.32 Å². The van der Waals surface area contributed by atoms with Crippen molar-refractivity contribution in [2.45, 2.75) is 13.0 Å². The molecule has 100 valence electrons. The summed E-state index contributed by atoms with van der Waals surface area (Å²) in [6.07, 6.45) is 2.69. The SMILES string of the molecule is Cl.Cl.Nc1ccc(CCNCc2ccco2)cc1. The highest BCUT2D eigenvalue weighted by Crippen LogP contribution is 2.05. The maximum Gasteiger partial charge on any atom is 0.117 e. The molecule has 3 nitrogen and oxygen atoms in total. The van der Waals surface area contributed by atoms with Gasteiger partial charge in [0.05, 0.1) is 12.8 Å². The molecule has 1 aromatic heterocycles. The Bertz CT molecular complexity index is 415. The normalized spacial score (nSPS) is 9.33. The van der Waals surface area contributed by atoms with Crippen LogP contribution in [-0.2, 0) is 13.0 Å². The topological polar surface area (TPSA) is 51.2 Å². The number of hydrogen-bond acceptors (Lipinski definition) is 3. The molecule has 0 bridgehead atoms. The minimum Gasteiger partial charge on any atom is -0.468 e. The van der Waals surface area contributed by atoms with Gasteiger partial charge < -0.3 is 15.5 Å². The van der Waals surface area contributed by atoms with E-state index in [0.29, 0.717) is 0 Å². The van der Waals surface area contributed by atoms with Gasteiger partial charge in [0, 0.05) is 5.69 Å². The van der Waals surface area contributed by atoms with E-state index in [2.05, 4.69) is 17.4 Å². The molecule has 0 radical (unpaired) electrons. The van der Waals surface area contributed by atoms with Crippen molar-refractivity contribution >= 4 is 30.5 Å². The molecule has 0 amide bonds. The van der Waals surface area contributed by atoms with Gasteiger partial charge in [-0.05, 0) is 42.8 Å². The third kappa shape index (κ3) is 5.45. The van der Waals surface area contributed by atoms with Crippen molar-refractivity contribution in [3.8, 4) is 0 Å². The lowest BCUT2D eigenvalue weighted by molar-refractivity contribution is 0.484. The zero-order valence-electron chi connectivity index (χ0n) is 9.96. The molecule has 1 aromatic carbocycles. The molecular weight excluding hydrogens is 271 g/mol. The number of benzene rings is 1. The zero-order chi connectivity index (χ0) is 11.2. The van der Waals surface area contributed by atoms with Gasteiger partial charge in [-0.1, -0.05) is 12.1 Å². The van der Waals surface area contributed by atoms with Crippen molar-refractivity contribution < 1.29 is 4.42 Å². The second-order valence-corrected chi connectivity index (χ2v) is 3.75. The van der Waals surface area contributed by atoms with E-state index >= 15 is 0 Å². The van der Waals surface area contributed by atoms with Crippen LogP contribution in [-0.4, -0.2) is 6.54 Å². The van der Waals surface area contributed by atoms with E-state index in [9.17, 15) is 0 Å². The molecule has 2 rings (SSSR count). The van der Waals surface area contributed by atoms with Crippen LogP contribution in [0, 0.1) is 0 Å². The quantitative estimate of drug-likeness (QED) is 0.657. The number of nitrogen functional groups attached to an aromatic ring is 1. The molecule has 2 aromatic rings. The van der Waals surface area contributed by atoms with Crippen LogP contribution >= 0.6 is 24.8 Å². The number of furan rings is 1. The van der Waals surface area contributed by atoms with E-state index < -0.39 is 0 Å². The van der Waals surface area contributed by atoms with Gasteiger partial charge in [-0.2, -0.15) is 0 Å². The molecule has 0 fully saturated rings. The maximum absolute atomic E-state index is 5.62. The Hall–Kier alpha value is -1.16. The number of rotatable bonds is 5. The van der Waals surface area contributed by atoms with Crippen molar-refractivity contribution in [1.29, 1.82) is 0 Å². The molecule has 3 N–H and O–H groups in total. The van der Waals surface area contributed by atoms with E-state index in [1.807, 2.05) is 24.3 Å². The first-order valence-corrected chi connectivity index (χ1v) is 5.42. The molecule has 1 heterocycles. The second-order valence-electron chi connectivity index (χ2n) is 3.75. The van der Waals surface area contributed by atoms with Gasteiger partial charge in [0.25, 0.3) is 0 Å². The predicted octanol–water partition coefficient (Wildman–Crippen LogP) is 3.04. The van der Waals surface area contributed by atoms with Gasteiger partial charge >= 0.3 is 0 Å². The summed E-state index contributed by atoms with van der Waals surface area (Å²) < 4.78 is 5.22. The molecular formula is C13H18Cl2N2O. The highest BCUT2D eigenvalue weighted by Gasteiger charge is 1.95. The predicted molar refractivity (Wildman–Crippen MR) is 79.5 cm³/mol. The summed E-state index contributed by atoms with van der Waals surface area (Å²) in [7, 11) is 0. The lowest BCUT2D eigenvalue weighted by Gasteiger charge is -2.03. The first-order valence-electron chi connectivity index (χ1n) is 5.42. The standard InChI is InChI=1S/C13H16N2O.2ClH/c14-12-5-3-11(4-6-12)7-8-15-10-13-2-1-9-16-13;;/h1-6,9,15H,7-8,10,14H2;2*1H. The smallest absolute Gasteiger partial charge is 0.117 e. The first kappa shape index (κ1) is 16.8. The Morgan fingerprint density at radius 2 is 1.78 bits per heavy atom. The Balaban J connectivity index is 0.00000144. The van der Waals surface area contributed by atoms with Crippen molar-refractivity contribution in [2.75, 3.05) is 12.3 Å².